The van der Waals surface area contributed by atoms with Gasteiger partial charge in [-0.1, -0.05) is 55.3 Å². The van der Waals surface area contributed by atoms with Crippen molar-refractivity contribution in [3.05, 3.63) is 54.1 Å². The summed E-state index contributed by atoms with van der Waals surface area (Å²) in [6.07, 6.45) is 4.34. The Morgan fingerprint density at radius 3 is 2.32 bits per heavy atom. The van der Waals surface area contributed by atoms with Crippen LogP contribution in [0.1, 0.15) is 31.2 Å². The summed E-state index contributed by atoms with van der Waals surface area (Å²) in [5, 5.41) is 0. The lowest BCUT2D eigenvalue weighted by atomic mass is 9.99. The molecule has 2 N–H and O–H groups in total. The molecular weight excluding hydrogens is 272 g/mol. The molecule has 0 saturated heterocycles. The van der Waals surface area contributed by atoms with Gasteiger partial charge in [0.1, 0.15) is 0 Å². The van der Waals surface area contributed by atoms with Gasteiger partial charge in [0.15, 0.2) is 0 Å². The number of rotatable bonds is 4. The third-order valence-electron chi connectivity index (χ3n) is 4.41. The van der Waals surface area contributed by atoms with Crippen LogP contribution in [0.4, 0.5) is 5.69 Å². The first kappa shape index (κ1) is 14.6. The standard InChI is InChI=1S/C19H22N2O/c1-14-8-2-5-11-16(14)17-12-6-7-13-18(17)20-21-19(22)15-9-3-4-10-15/h2,5-8,11-13,15,20H,3-4,9-10H2,1H3,(H,21,22). The lowest BCUT2D eigenvalue weighted by molar-refractivity contribution is -0.124. The first-order valence-electron chi connectivity index (χ1n) is 7.96. The van der Waals surface area contributed by atoms with E-state index in [1.807, 2.05) is 30.3 Å². The molecule has 0 spiro atoms. The molecule has 1 aliphatic carbocycles. The maximum absolute atomic E-state index is 12.2. The molecule has 0 aliphatic heterocycles. The number of hydrogen-bond acceptors (Lipinski definition) is 2. The van der Waals surface area contributed by atoms with Gasteiger partial charge in [-0.2, -0.15) is 0 Å². The molecule has 2 aromatic carbocycles. The van der Waals surface area contributed by atoms with Gasteiger partial charge in [-0.15, -0.1) is 0 Å². The number of hydrazine groups is 1. The first-order chi connectivity index (χ1) is 10.8. The molecule has 0 unspecified atom stereocenters. The number of para-hydroxylation sites is 1. The van der Waals surface area contributed by atoms with Crippen LogP contribution in [0.5, 0.6) is 0 Å². The number of carbonyl (C=O) groups is 1. The Morgan fingerprint density at radius 1 is 0.955 bits per heavy atom. The Kier molecular flexibility index (Phi) is 4.42. The maximum Gasteiger partial charge on any atom is 0.241 e. The molecule has 3 heteroatoms. The van der Waals surface area contributed by atoms with Gasteiger partial charge < -0.3 is 0 Å². The Labute approximate surface area is 131 Å². The van der Waals surface area contributed by atoms with Crippen LogP contribution in [0.2, 0.25) is 0 Å². The number of amides is 1. The molecular formula is C19H22N2O. The second-order valence-electron chi connectivity index (χ2n) is 5.96. The molecule has 1 saturated carbocycles. The minimum absolute atomic E-state index is 0.108. The van der Waals surface area contributed by atoms with Gasteiger partial charge in [0, 0.05) is 11.5 Å². The zero-order chi connectivity index (χ0) is 15.4. The minimum Gasteiger partial charge on any atom is -0.298 e. The van der Waals surface area contributed by atoms with E-state index in [9.17, 15) is 4.79 Å². The lowest BCUT2D eigenvalue weighted by Gasteiger charge is -2.16. The fourth-order valence-electron chi connectivity index (χ4n) is 3.12. The lowest BCUT2D eigenvalue weighted by Crippen LogP contribution is -2.34. The molecule has 0 atom stereocenters. The summed E-state index contributed by atoms with van der Waals surface area (Å²) < 4.78 is 0. The third-order valence-corrected chi connectivity index (χ3v) is 4.41. The van der Waals surface area contributed by atoms with Crippen LogP contribution >= 0.6 is 0 Å². The number of carbonyl (C=O) groups excluding carboxylic acids is 1. The quantitative estimate of drug-likeness (QED) is 0.826. The molecule has 0 radical (unpaired) electrons. The average Bonchev–Trinajstić information content (AvgIpc) is 3.08. The molecule has 0 heterocycles. The predicted molar refractivity (Wildman–Crippen MR) is 90.3 cm³/mol. The number of benzene rings is 2. The van der Waals surface area contributed by atoms with E-state index in [1.165, 1.54) is 11.1 Å². The van der Waals surface area contributed by atoms with Crippen molar-refractivity contribution < 1.29 is 4.79 Å². The topological polar surface area (TPSA) is 41.1 Å². The largest absolute Gasteiger partial charge is 0.298 e. The highest BCUT2D eigenvalue weighted by Gasteiger charge is 2.22. The van der Waals surface area contributed by atoms with Gasteiger partial charge in [0.2, 0.25) is 5.91 Å². The summed E-state index contributed by atoms with van der Waals surface area (Å²) >= 11 is 0. The zero-order valence-corrected chi connectivity index (χ0v) is 12.9. The molecule has 2 aromatic rings. The van der Waals surface area contributed by atoms with Crippen molar-refractivity contribution in [3.8, 4) is 11.1 Å². The predicted octanol–water partition coefficient (Wildman–Crippen LogP) is 4.30. The Morgan fingerprint density at radius 2 is 1.59 bits per heavy atom. The van der Waals surface area contributed by atoms with Crippen LogP contribution in [0.3, 0.4) is 0 Å². The van der Waals surface area contributed by atoms with Crippen molar-refractivity contribution in [2.24, 2.45) is 5.92 Å². The highest BCUT2D eigenvalue weighted by atomic mass is 16.2. The summed E-state index contributed by atoms with van der Waals surface area (Å²) in [7, 11) is 0. The number of aryl methyl sites for hydroxylation is 1. The van der Waals surface area contributed by atoms with Gasteiger partial charge in [-0.25, -0.2) is 0 Å². The van der Waals surface area contributed by atoms with Gasteiger partial charge in [0.05, 0.1) is 5.69 Å². The summed E-state index contributed by atoms with van der Waals surface area (Å²) in [5.74, 6) is 0.273. The molecule has 114 valence electrons. The van der Waals surface area contributed by atoms with Crippen molar-refractivity contribution in [1.29, 1.82) is 0 Å². The Hall–Kier alpha value is -2.29. The zero-order valence-electron chi connectivity index (χ0n) is 12.9. The number of nitrogens with one attached hydrogen (secondary N) is 2. The van der Waals surface area contributed by atoms with Crippen LogP contribution in [-0.2, 0) is 4.79 Å². The van der Waals surface area contributed by atoms with Crippen molar-refractivity contribution >= 4 is 11.6 Å². The van der Waals surface area contributed by atoms with Crippen molar-refractivity contribution in [3.63, 3.8) is 0 Å². The molecule has 1 amide bonds. The van der Waals surface area contributed by atoms with Crippen molar-refractivity contribution in [2.45, 2.75) is 32.6 Å². The molecule has 3 rings (SSSR count). The summed E-state index contributed by atoms with van der Waals surface area (Å²) in [6, 6.07) is 16.4. The van der Waals surface area contributed by atoms with E-state index in [0.717, 1.165) is 36.9 Å². The molecule has 0 aromatic heterocycles. The monoisotopic (exact) mass is 294 g/mol. The average molecular weight is 294 g/mol. The van der Waals surface area contributed by atoms with E-state index >= 15 is 0 Å². The molecule has 1 fully saturated rings. The number of hydrogen-bond donors (Lipinski definition) is 2. The third kappa shape index (κ3) is 3.14. The van der Waals surface area contributed by atoms with Gasteiger partial charge >= 0.3 is 0 Å². The highest BCUT2D eigenvalue weighted by Crippen LogP contribution is 2.30. The first-order valence-corrected chi connectivity index (χ1v) is 7.96. The molecule has 3 nitrogen and oxygen atoms in total. The fourth-order valence-corrected chi connectivity index (χ4v) is 3.12. The van der Waals surface area contributed by atoms with Crippen LogP contribution in [0.15, 0.2) is 48.5 Å². The van der Waals surface area contributed by atoms with Crippen LogP contribution in [-0.4, -0.2) is 5.91 Å². The van der Waals surface area contributed by atoms with Crippen molar-refractivity contribution in [1.82, 2.24) is 5.43 Å². The van der Waals surface area contributed by atoms with E-state index in [0.29, 0.717) is 0 Å². The second-order valence-corrected chi connectivity index (χ2v) is 5.96. The summed E-state index contributed by atoms with van der Waals surface area (Å²) in [6.45, 7) is 2.10. The fraction of sp³-hybridized carbons (Fsp3) is 0.316. The van der Waals surface area contributed by atoms with E-state index in [4.69, 9.17) is 0 Å². The van der Waals surface area contributed by atoms with E-state index in [-0.39, 0.29) is 11.8 Å². The van der Waals surface area contributed by atoms with Gasteiger partial charge in [-0.3, -0.25) is 15.6 Å². The summed E-state index contributed by atoms with van der Waals surface area (Å²) in [4.78, 5) is 12.2. The van der Waals surface area contributed by atoms with E-state index < -0.39 is 0 Å². The Bertz CT molecular complexity index is 660. The number of anilines is 1. The SMILES string of the molecule is Cc1ccccc1-c1ccccc1NNC(=O)C1CCCC1. The molecule has 22 heavy (non-hydrogen) atoms. The van der Waals surface area contributed by atoms with E-state index in [2.05, 4.69) is 36.0 Å². The maximum atomic E-state index is 12.2. The Balaban J connectivity index is 1.77. The second kappa shape index (κ2) is 6.65. The minimum atomic E-state index is 0.108. The van der Waals surface area contributed by atoms with Crippen LogP contribution in [0, 0.1) is 12.8 Å². The van der Waals surface area contributed by atoms with Crippen LogP contribution in [0.25, 0.3) is 11.1 Å². The summed E-state index contributed by atoms with van der Waals surface area (Å²) in [5.41, 5.74) is 10.4. The van der Waals surface area contributed by atoms with E-state index in [1.54, 1.807) is 0 Å². The molecule has 1 aliphatic rings. The van der Waals surface area contributed by atoms with Gasteiger partial charge in [0.25, 0.3) is 0 Å². The van der Waals surface area contributed by atoms with Gasteiger partial charge in [-0.05, 0) is 37.0 Å². The smallest absolute Gasteiger partial charge is 0.241 e. The highest BCUT2D eigenvalue weighted by molar-refractivity contribution is 5.84. The van der Waals surface area contributed by atoms with Crippen molar-refractivity contribution in [2.75, 3.05) is 5.43 Å². The molecule has 0 bridgehead atoms. The normalized spacial score (nSPS) is 14.8. The van der Waals surface area contributed by atoms with Crippen LogP contribution < -0.4 is 10.9 Å².